The quantitative estimate of drug-likeness (QED) is 0.547. The van der Waals surface area contributed by atoms with E-state index in [-0.39, 0.29) is 24.1 Å². The average Bonchev–Trinajstić information content (AvgIpc) is 3.47. The summed E-state index contributed by atoms with van der Waals surface area (Å²) in [6.07, 6.45) is 3.87. The number of rotatable bonds is 7. The fourth-order valence-electron chi connectivity index (χ4n) is 3.55. The molecule has 0 unspecified atom stereocenters. The van der Waals surface area contributed by atoms with E-state index >= 15 is 0 Å². The molecule has 31 heavy (non-hydrogen) atoms. The van der Waals surface area contributed by atoms with Crippen molar-refractivity contribution in [3.8, 4) is 16.9 Å². The number of likely N-dealkylation sites (tertiary alicyclic amines) is 1. The Morgan fingerprint density at radius 1 is 1.06 bits per heavy atom. The van der Waals surface area contributed by atoms with Gasteiger partial charge in [-0.05, 0) is 31.0 Å². The molecule has 6 nitrogen and oxygen atoms in total. The molecule has 0 radical (unpaired) electrons. The molecule has 2 amide bonds. The number of carbonyl (C=O) groups excluding carboxylic acids is 2. The predicted molar refractivity (Wildman–Crippen MR) is 124 cm³/mol. The summed E-state index contributed by atoms with van der Waals surface area (Å²) in [7, 11) is 0. The number of aromatic nitrogens is 2. The molecule has 2 aromatic carbocycles. The second-order valence-corrected chi connectivity index (χ2v) is 8.64. The van der Waals surface area contributed by atoms with Crippen molar-refractivity contribution in [2.45, 2.75) is 18.0 Å². The van der Waals surface area contributed by atoms with E-state index in [1.54, 1.807) is 11.1 Å². The zero-order chi connectivity index (χ0) is 21.6. The van der Waals surface area contributed by atoms with Gasteiger partial charge in [-0.25, -0.2) is 4.98 Å². The highest BCUT2D eigenvalue weighted by Gasteiger charge is 2.19. The van der Waals surface area contributed by atoms with E-state index in [9.17, 15) is 9.59 Å². The smallest absolute Gasteiger partial charge is 0.241 e. The van der Waals surface area contributed by atoms with E-state index in [4.69, 9.17) is 11.6 Å². The number of halogens is 1. The molecule has 1 aliphatic rings. The molecule has 0 atom stereocenters. The predicted octanol–water partition coefficient (Wildman–Crippen LogP) is 4.02. The summed E-state index contributed by atoms with van der Waals surface area (Å²) in [5.41, 5.74) is 2.80. The van der Waals surface area contributed by atoms with Crippen LogP contribution in [-0.4, -0.2) is 51.7 Å². The van der Waals surface area contributed by atoms with Gasteiger partial charge in [-0.2, -0.15) is 0 Å². The number of benzene rings is 2. The molecule has 3 aromatic rings. The van der Waals surface area contributed by atoms with Gasteiger partial charge in [-0.1, -0.05) is 59.8 Å². The number of amides is 2. The lowest BCUT2D eigenvalue weighted by atomic mass is 10.1. The van der Waals surface area contributed by atoms with Gasteiger partial charge >= 0.3 is 0 Å². The number of imidazole rings is 1. The maximum atomic E-state index is 12.4. The molecular formula is C23H23ClN4O2S. The largest absolute Gasteiger partial charge is 0.346 e. The SMILES string of the molecule is O=C(CSc1ncc(-c2ccccc2)n1-c1cccc(Cl)c1)NCC(=O)N1CCCC1. The van der Waals surface area contributed by atoms with Crippen LogP contribution in [0.2, 0.25) is 5.02 Å². The molecule has 1 saturated heterocycles. The third-order valence-electron chi connectivity index (χ3n) is 5.09. The third kappa shape index (κ3) is 5.29. The van der Waals surface area contributed by atoms with Crippen molar-refractivity contribution in [3.05, 3.63) is 65.8 Å². The number of hydrogen-bond acceptors (Lipinski definition) is 4. The monoisotopic (exact) mass is 454 g/mol. The summed E-state index contributed by atoms with van der Waals surface area (Å²) >= 11 is 7.55. The summed E-state index contributed by atoms with van der Waals surface area (Å²) in [5.74, 6) is -0.0545. The zero-order valence-electron chi connectivity index (χ0n) is 17.0. The van der Waals surface area contributed by atoms with Crippen molar-refractivity contribution in [1.29, 1.82) is 0 Å². The van der Waals surface area contributed by atoms with Gasteiger partial charge in [-0.3, -0.25) is 14.2 Å². The molecule has 0 aliphatic carbocycles. The third-order valence-corrected chi connectivity index (χ3v) is 6.28. The Kier molecular flexibility index (Phi) is 6.94. The van der Waals surface area contributed by atoms with Gasteiger partial charge in [0.15, 0.2) is 5.16 Å². The number of thioether (sulfide) groups is 1. The van der Waals surface area contributed by atoms with Crippen LogP contribution < -0.4 is 5.32 Å². The molecule has 0 spiro atoms. The van der Waals surface area contributed by atoms with Crippen LogP contribution in [0.5, 0.6) is 0 Å². The number of nitrogens with zero attached hydrogens (tertiary/aromatic N) is 3. The van der Waals surface area contributed by atoms with Crippen LogP contribution in [0, 0.1) is 0 Å². The van der Waals surface area contributed by atoms with Gasteiger partial charge in [0.25, 0.3) is 0 Å². The van der Waals surface area contributed by atoms with Crippen LogP contribution in [0.1, 0.15) is 12.8 Å². The maximum Gasteiger partial charge on any atom is 0.241 e. The summed E-state index contributed by atoms with van der Waals surface area (Å²) < 4.78 is 1.99. The Balaban J connectivity index is 1.48. The summed E-state index contributed by atoms with van der Waals surface area (Å²) in [4.78, 5) is 30.8. The molecule has 2 heterocycles. The van der Waals surface area contributed by atoms with Crippen LogP contribution in [-0.2, 0) is 9.59 Å². The summed E-state index contributed by atoms with van der Waals surface area (Å²) in [5, 5.41) is 4.03. The lowest BCUT2D eigenvalue weighted by molar-refractivity contribution is -0.131. The average molecular weight is 455 g/mol. The van der Waals surface area contributed by atoms with Crippen LogP contribution >= 0.6 is 23.4 Å². The minimum Gasteiger partial charge on any atom is -0.346 e. The Morgan fingerprint density at radius 2 is 1.84 bits per heavy atom. The van der Waals surface area contributed by atoms with Crippen molar-refractivity contribution in [2.75, 3.05) is 25.4 Å². The first-order chi connectivity index (χ1) is 15.1. The van der Waals surface area contributed by atoms with Crippen LogP contribution in [0.25, 0.3) is 16.9 Å². The Labute approximate surface area is 190 Å². The molecule has 1 fully saturated rings. The van der Waals surface area contributed by atoms with Gasteiger partial charge < -0.3 is 10.2 Å². The van der Waals surface area contributed by atoms with Crippen molar-refractivity contribution < 1.29 is 9.59 Å². The van der Waals surface area contributed by atoms with Crippen molar-refractivity contribution in [3.63, 3.8) is 0 Å². The minimum absolute atomic E-state index is 0.0253. The van der Waals surface area contributed by atoms with Gasteiger partial charge in [-0.15, -0.1) is 0 Å². The Morgan fingerprint density at radius 3 is 2.58 bits per heavy atom. The Hall–Kier alpha value is -2.77. The highest BCUT2D eigenvalue weighted by atomic mass is 35.5. The summed E-state index contributed by atoms with van der Waals surface area (Å²) in [6.45, 7) is 1.60. The fourth-order valence-corrected chi connectivity index (χ4v) is 4.55. The van der Waals surface area contributed by atoms with E-state index in [0.29, 0.717) is 10.2 Å². The van der Waals surface area contributed by atoms with Crippen LogP contribution in [0.15, 0.2) is 66.0 Å². The number of hydrogen-bond donors (Lipinski definition) is 1. The number of carbonyl (C=O) groups is 2. The Bertz CT molecular complexity index is 1060. The van der Waals surface area contributed by atoms with Crippen molar-refractivity contribution >= 4 is 35.2 Å². The molecule has 4 rings (SSSR count). The van der Waals surface area contributed by atoms with Gasteiger partial charge in [0, 0.05) is 29.4 Å². The van der Waals surface area contributed by atoms with Crippen molar-refractivity contribution in [2.24, 2.45) is 0 Å². The zero-order valence-corrected chi connectivity index (χ0v) is 18.5. The van der Waals surface area contributed by atoms with E-state index in [2.05, 4.69) is 10.3 Å². The van der Waals surface area contributed by atoms with Gasteiger partial charge in [0.1, 0.15) is 0 Å². The second kappa shape index (κ2) is 10.0. The first-order valence-corrected chi connectivity index (χ1v) is 11.5. The molecule has 1 N–H and O–H groups in total. The molecule has 1 aliphatic heterocycles. The van der Waals surface area contributed by atoms with E-state index < -0.39 is 0 Å². The molecule has 8 heteroatoms. The maximum absolute atomic E-state index is 12.4. The van der Waals surface area contributed by atoms with Crippen LogP contribution in [0.3, 0.4) is 0 Å². The normalized spacial score (nSPS) is 13.4. The lowest BCUT2D eigenvalue weighted by Gasteiger charge is -2.15. The molecule has 1 aromatic heterocycles. The number of nitrogens with one attached hydrogen (secondary N) is 1. The van der Waals surface area contributed by atoms with E-state index in [0.717, 1.165) is 42.9 Å². The van der Waals surface area contributed by atoms with E-state index in [1.165, 1.54) is 11.8 Å². The van der Waals surface area contributed by atoms with Gasteiger partial charge in [0.2, 0.25) is 11.8 Å². The highest BCUT2D eigenvalue weighted by Crippen LogP contribution is 2.30. The summed E-state index contributed by atoms with van der Waals surface area (Å²) in [6, 6.07) is 17.5. The van der Waals surface area contributed by atoms with Crippen LogP contribution in [0.4, 0.5) is 0 Å². The standard InChI is InChI=1S/C23H23ClN4O2S/c24-18-9-6-10-19(13-18)28-20(17-7-2-1-3-8-17)14-26-23(28)31-16-21(29)25-15-22(30)27-11-4-5-12-27/h1-3,6-10,13-14H,4-5,11-12,15-16H2,(H,25,29). The molecule has 160 valence electrons. The van der Waals surface area contributed by atoms with E-state index in [1.807, 2.05) is 59.2 Å². The topological polar surface area (TPSA) is 67.2 Å². The minimum atomic E-state index is -0.195. The lowest BCUT2D eigenvalue weighted by Crippen LogP contribution is -2.39. The second-order valence-electron chi connectivity index (χ2n) is 7.26. The first kappa shape index (κ1) is 21.5. The van der Waals surface area contributed by atoms with Gasteiger partial charge in [0.05, 0.1) is 24.2 Å². The molecular weight excluding hydrogens is 432 g/mol. The highest BCUT2D eigenvalue weighted by molar-refractivity contribution is 7.99. The fraction of sp³-hybridized carbons (Fsp3) is 0.261. The van der Waals surface area contributed by atoms with Crippen molar-refractivity contribution in [1.82, 2.24) is 19.8 Å². The first-order valence-electron chi connectivity index (χ1n) is 10.2. The molecule has 0 saturated carbocycles. The molecule has 0 bridgehead atoms.